The number of nitriles is 1. The number of hydrogen-bond donors (Lipinski definition) is 0. The number of carbonyl (C=O) groups excluding carboxylic acids is 2. The molecule has 37 heavy (non-hydrogen) atoms. The summed E-state index contributed by atoms with van der Waals surface area (Å²) < 4.78 is 18.1. The van der Waals surface area contributed by atoms with Gasteiger partial charge in [0, 0.05) is 46.6 Å². The van der Waals surface area contributed by atoms with Crippen LogP contribution in [-0.2, 0) is 14.3 Å². The molecule has 8 nitrogen and oxygen atoms in total. The number of benzene rings is 2. The Balaban J connectivity index is 1.68. The quantitative estimate of drug-likeness (QED) is 0.619. The van der Waals surface area contributed by atoms with E-state index in [1.807, 2.05) is 37.4 Å². The SMILES string of the molecule is CO[C@H]1CC[C@H]2CCN(C)C(=O)C[C@H](c3ccccc3)CN(C)C(=O)c3cc(C#N)ccc3OC[C@@H]1O2. The molecule has 2 aromatic rings. The highest BCUT2D eigenvalue weighted by Crippen LogP contribution is 2.29. The summed E-state index contributed by atoms with van der Waals surface area (Å²) in [5, 5.41) is 9.46. The third-order valence-corrected chi connectivity index (χ3v) is 7.35. The molecule has 1 fully saturated rings. The lowest BCUT2D eigenvalue weighted by molar-refractivity contribution is -0.145. The minimum Gasteiger partial charge on any atom is -0.490 e. The molecule has 4 rings (SSSR count). The van der Waals surface area contributed by atoms with E-state index in [4.69, 9.17) is 14.2 Å². The minimum absolute atomic E-state index is 0.0127. The molecule has 0 unspecified atom stereocenters. The van der Waals surface area contributed by atoms with Gasteiger partial charge in [0.25, 0.3) is 5.91 Å². The average Bonchev–Trinajstić information content (AvgIpc) is 2.93. The molecule has 1 saturated heterocycles. The van der Waals surface area contributed by atoms with E-state index >= 15 is 0 Å². The highest BCUT2D eigenvalue weighted by atomic mass is 16.6. The monoisotopic (exact) mass is 505 g/mol. The number of amides is 2. The molecule has 8 heteroatoms. The molecule has 2 amide bonds. The predicted molar refractivity (Wildman–Crippen MR) is 138 cm³/mol. The summed E-state index contributed by atoms with van der Waals surface area (Å²) >= 11 is 0. The number of ether oxygens (including phenoxy) is 3. The zero-order valence-electron chi connectivity index (χ0n) is 21.8. The summed E-state index contributed by atoms with van der Waals surface area (Å²) in [7, 11) is 5.20. The van der Waals surface area contributed by atoms with Crippen LogP contribution in [0.3, 0.4) is 0 Å². The van der Waals surface area contributed by atoms with Gasteiger partial charge in [0.2, 0.25) is 5.91 Å². The van der Waals surface area contributed by atoms with Crippen molar-refractivity contribution in [2.24, 2.45) is 0 Å². The maximum Gasteiger partial charge on any atom is 0.257 e. The van der Waals surface area contributed by atoms with Gasteiger partial charge in [-0.2, -0.15) is 5.26 Å². The Bertz CT molecular complexity index is 1130. The van der Waals surface area contributed by atoms with Crippen LogP contribution in [0.1, 0.15) is 53.1 Å². The summed E-state index contributed by atoms with van der Waals surface area (Å²) in [6.07, 6.45) is 2.23. The lowest BCUT2D eigenvalue weighted by atomic mass is 9.94. The number of likely N-dealkylation sites (N-methyl/N-ethyl adjacent to an activating group) is 1. The van der Waals surface area contributed by atoms with Crippen molar-refractivity contribution >= 4 is 11.8 Å². The Morgan fingerprint density at radius 1 is 1.03 bits per heavy atom. The molecule has 2 heterocycles. The van der Waals surface area contributed by atoms with E-state index in [9.17, 15) is 14.9 Å². The van der Waals surface area contributed by atoms with Crippen LogP contribution in [0.2, 0.25) is 0 Å². The van der Waals surface area contributed by atoms with Gasteiger partial charge in [0.1, 0.15) is 18.5 Å². The standard InChI is InChI=1S/C29H35N3O5/c1-31-14-13-23-10-12-26(35-3)27(37-23)19-36-25-11-9-20(17-30)15-24(25)29(34)32(2)18-22(16-28(31)33)21-7-5-4-6-8-21/h4-9,11,15,22-23,26-27H,10,12-14,16,18-19H2,1-3H3/t22-,23-,26-,27-/m0/s1. The average molecular weight is 506 g/mol. The van der Waals surface area contributed by atoms with E-state index < -0.39 is 0 Å². The molecule has 0 radical (unpaired) electrons. The van der Waals surface area contributed by atoms with Crippen LogP contribution >= 0.6 is 0 Å². The number of nitrogens with zero attached hydrogens (tertiary/aromatic N) is 3. The molecule has 0 aliphatic carbocycles. The van der Waals surface area contributed by atoms with Crippen molar-refractivity contribution in [2.45, 2.75) is 49.9 Å². The van der Waals surface area contributed by atoms with Crippen LogP contribution in [0.25, 0.3) is 0 Å². The maximum atomic E-state index is 13.6. The van der Waals surface area contributed by atoms with Crippen LogP contribution in [0.5, 0.6) is 5.75 Å². The molecule has 2 aliphatic heterocycles. The van der Waals surface area contributed by atoms with Crippen molar-refractivity contribution in [1.29, 1.82) is 5.26 Å². The highest BCUT2D eigenvalue weighted by Gasteiger charge is 2.33. The number of hydrogen-bond acceptors (Lipinski definition) is 6. The lowest BCUT2D eigenvalue weighted by Crippen LogP contribution is -2.44. The smallest absolute Gasteiger partial charge is 0.257 e. The van der Waals surface area contributed by atoms with Gasteiger partial charge in [-0.3, -0.25) is 9.59 Å². The number of fused-ring (bicyclic) bond motifs is 3. The second-order valence-electron chi connectivity index (χ2n) is 9.88. The van der Waals surface area contributed by atoms with Gasteiger partial charge in [-0.25, -0.2) is 0 Å². The van der Waals surface area contributed by atoms with Crippen molar-refractivity contribution in [3.63, 3.8) is 0 Å². The van der Waals surface area contributed by atoms with E-state index in [-0.39, 0.29) is 49.1 Å². The third kappa shape index (κ3) is 6.48. The van der Waals surface area contributed by atoms with Crippen LogP contribution < -0.4 is 4.74 Å². The third-order valence-electron chi connectivity index (χ3n) is 7.35. The second-order valence-corrected chi connectivity index (χ2v) is 9.88. The van der Waals surface area contributed by atoms with Gasteiger partial charge in [-0.05, 0) is 43.0 Å². The molecule has 2 aromatic carbocycles. The van der Waals surface area contributed by atoms with Gasteiger partial charge < -0.3 is 24.0 Å². The zero-order chi connectivity index (χ0) is 26.4. The van der Waals surface area contributed by atoms with Crippen LogP contribution in [-0.4, -0.2) is 80.8 Å². The fourth-order valence-electron chi connectivity index (χ4n) is 5.09. The Morgan fingerprint density at radius 2 is 1.81 bits per heavy atom. The predicted octanol–water partition coefficient (Wildman–Crippen LogP) is 3.61. The van der Waals surface area contributed by atoms with E-state index in [2.05, 4.69) is 6.07 Å². The van der Waals surface area contributed by atoms with Crippen molar-refractivity contribution in [3.05, 3.63) is 65.2 Å². The minimum atomic E-state index is -0.309. The zero-order valence-corrected chi connectivity index (χ0v) is 21.8. The van der Waals surface area contributed by atoms with Crippen LogP contribution in [0.4, 0.5) is 0 Å². The number of carbonyl (C=O) groups is 2. The molecule has 4 atom stereocenters. The summed E-state index contributed by atoms with van der Waals surface area (Å²) in [6, 6.07) is 16.8. The first-order valence-corrected chi connectivity index (χ1v) is 12.8. The Morgan fingerprint density at radius 3 is 2.54 bits per heavy atom. The first kappa shape index (κ1) is 26.6. The summed E-state index contributed by atoms with van der Waals surface area (Å²) in [5.41, 5.74) is 1.68. The van der Waals surface area contributed by atoms with Gasteiger partial charge in [0.05, 0.1) is 29.4 Å². The second kappa shape index (κ2) is 12.2. The summed E-state index contributed by atoms with van der Waals surface area (Å²) in [5.74, 6) is -0.0269. The number of methoxy groups -OCH3 is 1. The Labute approximate surface area is 218 Å². The molecule has 2 bridgehead atoms. The first-order chi connectivity index (χ1) is 17.9. The van der Waals surface area contributed by atoms with Gasteiger partial charge >= 0.3 is 0 Å². The fourth-order valence-corrected chi connectivity index (χ4v) is 5.09. The highest BCUT2D eigenvalue weighted by molar-refractivity contribution is 5.97. The molecular weight excluding hydrogens is 470 g/mol. The van der Waals surface area contributed by atoms with Crippen molar-refractivity contribution < 1.29 is 23.8 Å². The molecule has 0 saturated carbocycles. The first-order valence-electron chi connectivity index (χ1n) is 12.8. The van der Waals surface area contributed by atoms with Crippen LogP contribution in [0.15, 0.2) is 48.5 Å². The molecule has 0 N–H and O–H groups in total. The maximum absolute atomic E-state index is 13.6. The molecular formula is C29H35N3O5. The topological polar surface area (TPSA) is 92.1 Å². The summed E-state index contributed by atoms with van der Waals surface area (Å²) in [6.45, 7) is 1.15. The summed E-state index contributed by atoms with van der Waals surface area (Å²) in [4.78, 5) is 30.2. The Hall–Kier alpha value is -3.41. The van der Waals surface area contributed by atoms with Crippen LogP contribution in [0, 0.1) is 11.3 Å². The van der Waals surface area contributed by atoms with Gasteiger partial charge in [-0.1, -0.05) is 30.3 Å². The molecule has 0 spiro atoms. The Kier molecular flexibility index (Phi) is 8.80. The van der Waals surface area contributed by atoms with E-state index in [1.165, 1.54) is 0 Å². The molecule has 0 aromatic heterocycles. The van der Waals surface area contributed by atoms with E-state index in [0.29, 0.717) is 30.0 Å². The largest absolute Gasteiger partial charge is 0.490 e. The fraction of sp³-hybridized carbons (Fsp3) is 0.483. The lowest BCUT2D eigenvalue weighted by Gasteiger charge is -2.36. The molecule has 196 valence electrons. The normalized spacial score (nSPS) is 25.7. The number of rotatable bonds is 2. The van der Waals surface area contributed by atoms with Crippen molar-refractivity contribution in [3.8, 4) is 11.8 Å². The van der Waals surface area contributed by atoms with E-state index in [0.717, 1.165) is 24.8 Å². The van der Waals surface area contributed by atoms with Gasteiger partial charge in [0.15, 0.2) is 0 Å². The van der Waals surface area contributed by atoms with Crippen molar-refractivity contribution in [1.82, 2.24) is 9.80 Å². The van der Waals surface area contributed by atoms with Crippen molar-refractivity contribution in [2.75, 3.05) is 40.9 Å². The van der Waals surface area contributed by atoms with E-state index in [1.54, 1.807) is 42.2 Å². The molecule has 2 aliphatic rings. The van der Waals surface area contributed by atoms with Gasteiger partial charge in [-0.15, -0.1) is 0 Å².